The van der Waals surface area contributed by atoms with Gasteiger partial charge in [0.05, 0.1) is 8.07 Å². The molecule has 302 valence electrons. The van der Waals surface area contributed by atoms with Crippen LogP contribution in [-0.2, 0) is 37.3 Å². The third-order valence-corrected chi connectivity index (χ3v) is 13.1. The van der Waals surface area contributed by atoms with Gasteiger partial charge in [0.15, 0.2) is 0 Å². The molecule has 0 bridgehead atoms. The molecule has 1 aliphatic heterocycles. The third kappa shape index (κ3) is 7.78. The molecule has 0 unspecified atom stereocenters. The number of pyridine rings is 1. The van der Waals surface area contributed by atoms with Crippen molar-refractivity contribution in [2.75, 3.05) is 9.80 Å². The van der Waals surface area contributed by atoms with Gasteiger partial charge < -0.3 is 19.1 Å². The van der Waals surface area contributed by atoms with Crippen molar-refractivity contribution in [1.29, 1.82) is 0 Å². The molecule has 0 amide bonds. The van der Waals surface area contributed by atoms with Crippen molar-refractivity contribution in [1.82, 2.24) is 9.55 Å². The van der Waals surface area contributed by atoms with Crippen LogP contribution in [0, 0.1) is 18.8 Å². The number of hydrogen-bond donors (Lipinski definition) is 0. The summed E-state index contributed by atoms with van der Waals surface area (Å²) in [5.74, 6) is 2.19. The molecule has 8 rings (SSSR count). The Morgan fingerprint density at radius 2 is 1.24 bits per heavy atom. The fraction of sp³-hybridized carbons (Fsp3) is 0.294. The van der Waals surface area contributed by atoms with Gasteiger partial charge in [-0.3, -0.25) is 0 Å². The quantitative estimate of drug-likeness (QED) is 0.123. The number of hydrogen-bond acceptors (Lipinski definition) is 4. The number of rotatable bonds is 6. The summed E-state index contributed by atoms with van der Waals surface area (Å²) in [6, 6.07) is 44.4. The average Bonchev–Trinajstić information content (AvgIpc) is 3.69. The summed E-state index contributed by atoms with van der Waals surface area (Å²) in [5, 5.41) is 3.76. The molecular weight excluding hydrogens is 908 g/mol. The first kappa shape index (κ1) is 41.5. The molecule has 3 heterocycles. The van der Waals surface area contributed by atoms with Crippen LogP contribution in [0.2, 0.25) is 19.6 Å². The van der Waals surface area contributed by atoms with Gasteiger partial charge in [0.25, 0.3) is 0 Å². The Morgan fingerprint density at radius 3 is 1.88 bits per heavy atom. The second-order valence-corrected chi connectivity index (χ2v) is 24.7. The Kier molecular flexibility index (Phi) is 10.6. The molecule has 0 radical (unpaired) electrons. The van der Waals surface area contributed by atoms with Gasteiger partial charge in [0.1, 0.15) is 5.82 Å². The van der Waals surface area contributed by atoms with E-state index in [1.54, 1.807) is 0 Å². The fourth-order valence-corrected chi connectivity index (χ4v) is 9.33. The summed E-state index contributed by atoms with van der Waals surface area (Å²) in [6.45, 7) is 29.8. The van der Waals surface area contributed by atoms with Gasteiger partial charge in [-0.05, 0) is 80.8 Å². The van der Waals surface area contributed by atoms with E-state index >= 15 is 0 Å². The van der Waals surface area contributed by atoms with Crippen molar-refractivity contribution in [3.8, 4) is 17.3 Å². The van der Waals surface area contributed by atoms with Crippen molar-refractivity contribution >= 4 is 57.8 Å². The minimum absolute atomic E-state index is 0. The summed E-state index contributed by atoms with van der Waals surface area (Å²) >= 11 is 0. The van der Waals surface area contributed by atoms with Gasteiger partial charge in [-0.1, -0.05) is 124 Å². The van der Waals surface area contributed by atoms with E-state index < -0.39 is 8.07 Å². The molecular formula is C51H55N4OPtSi-3. The number of nitrogens with zero attached hydrogens (tertiary/aromatic N) is 4. The molecule has 2 aromatic heterocycles. The van der Waals surface area contributed by atoms with Gasteiger partial charge in [-0.2, -0.15) is 11.3 Å². The predicted octanol–water partition coefficient (Wildman–Crippen LogP) is 13.4. The Morgan fingerprint density at radius 1 is 0.621 bits per heavy atom. The largest absolute Gasteiger partial charge is 0.509 e. The summed E-state index contributed by atoms with van der Waals surface area (Å²) in [5.41, 5.74) is 10.2. The van der Waals surface area contributed by atoms with Crippen LogP contribution < -0.4 is 19.7 Å². The Balaban J connectivity index is 0.00000512. The zero-order valence-electron chi connectivity index (χ0n) is 36.0. The summed E-state index contributed by atoms with van der Waals surface area (Å²) in [7, 11) is -1.90. The van der Waals surface area contributed by atoms with E-state index in [0.29, 0.717) is 11.5 Å². The van der Waals surface area contributed by atoms with Gasteiger partial charge in [-0.25, -0.2) is 4.98 Å². The van der Waals surface area contributed by atoms with Gasteiger partial charge in [0, 0.05) is 61.3 Å². The standard InChI is InChI=1S/C51H55N4OSi.Pt/c1-49(2,3)34-24-25-52-47(29-34)55-42-21-14-13-20-41(42)48-45(55)31-40(32-46(48)57(10,11)12)56-39-19-17-18-37(30-39)53-33-54(44-23-16-15-22-43(44)53)38-27-35(50(4,5)6)26-36(28-38)51(7,8)9;/h13-29,32-33H,1-12H3;/q-3;. The molecule has 0 spiro atoms. The number of benzene rings is 5. The van der Waals surface area contributed by atoms with Crippen LogP contribution in [0.5, 0.6) is 11.5 Å². The zero-order chi connectivity index (χ0) is 40.7. The van der Waals surface area contributed by atoms with Gasteiger partial charge in [-0.15, -0.1) is 48.1 Å². The van der Waals surface area contributed by atoms with E-state index in [2.05, 4.69) is 212 Å². The molecule has 5 aromatic carbocycles. The first-order valence-corrected chi connectivity index (χ1v) is 23.6. The van der Waals surface area contributed by atoms with Crippen molar-refractivity contribution in [3.63, 3.8) is 0 Å². The smallest absolute Gasteiger partial charge is 0.135 e. The van der Waals surface area contributed by atoms with E-state index in [-0.39, 0.29) is 37.3 Å². The summed E-state index contributed by atoms with van der Waals surface area (Å²) < 4.78 is 9.08. The number of anilines is 4. The first-order chi connectivity index (χ1) is 26.8. The van der Waals surface area contributed by atoms with E-state index in [4.69, 9.17) is 9.72 Å². The van der Waals surface area contributed by atoms with Crippen molar-refractivity contribution in [2.24, 2.45) is 0 Å². The monoisotopic (exact) mass is 962 g/mol. The maximum absolute atomic E-state index is 6.82. The van der Waals surface area contributed by atoms with Crippen LogP contribution in [0.25, 0.3) is 27.6 Å². The topological polar surface area (TPSA) is 33.5 Å². The Bertz CT molecular complexity index is 2620. The minimum Gasteiger partial charge on any atom is -0.509 e. The van der Waals surface area contributed by atoms with E-state index in [0.717, 1.165) is 39.6 Å². The second kappa shape index (κ2) is 14.9. The Labute approximate surface area is 361 Å². The normalized spacial score (nSPS) is 13.6. The molecule has 0 saturated carbocycles. The van der Waals surface area contributed by atoms with Crippen LogP contribution in [0.1, 0.15) is 79.0 Å². The molecule has 5 nitrogen and oxygen atoms in total. The van der Waals surface area contributed by atoms with Gasteiger partial charge >= 0.3 is 0 Å². The van der Waals surface area contributed by atoms with Crippen LogP contribution >= 0.6 is 0 Å². The molecule has 0 N–H and O–H groups in total. The molecule has 0 saturated heterocycles. The summed E-state index contributed by atoms with van der Waals surface area (Å²) in [6.07, 6.45) is 1.93. The zero-order valence-corrected chi connectivity index (χ0v) is 39.3. The number of fused-ring (bicyclic) bond motifs is 4. The molecule has 0 aliphatic carbocycles. The Hall–Kier alpha value is -4.64. The van der Waals surface area contributed by atoms with Crippen LogP contribution in [0.15, 0.2) is 109 Å². The molecule has 0 fully saturated rings. The maximum atomic E-state index is 6.82. The third-order valence-electron chi connectivity index (χ3n) is 11.1. The fourth-order valence-electron chi connectivity index (χ4n) is 7.76. The number of para-hydroxylation sites is 3. The predicted molar refractivity (Wildman–Crippen MR) is 243 cm³/mol. The van der Waals surface area contributed by atoms with E-state index in [9.17, 15) is 0 Å². The van der Waals surface area contributed by atoms with Gasteiger partial charge in [0.2, 0.25) is 0 Å². The second-order valence-electron chi connectivity index (χ2n) is 19.6. The van der Waals surface area contributed by atoms with E-state index in [1.807, 2.05) is 12.3 Å². The molecule has 7 aromatic rings. The SMILES string of the molecule is CC(C)(C)c1cc(N2[CH-]N(c3[c-]c(Oc4[c-]c5c(c([Si](C)(C)C)c4)c4ccccc4n5-c4cc(C(C)(C)C)ccn4)ccc3)c3ccccc32)cc(C(C)(C)C)c1.[Pt]. The summed E-state index contributed by atoms with van der Waals surface area (Å²) in [4.78, 5) is 9.46. The molecule has 1 aliphatic rings. The van der Waals surface area contributed by atoms with Crippen LogP contribution in [0.3, 0.4) is 0 Å². The minimum atomic E-state index is -1.90. The molecule has 58 heavy (non-hydrogen) atoms. The van der Waals surface area contributed by atoms with Crippen molar-refractivity contribution in [3.05, 3.63) is 145 Å². The van der Waals surface area contributed by atoms with E-state index in [1.165, 1.54) is 32.6 Å². The van der Waals surface area contributed by atoms with Crippen LogP contribution in [-0.4, -0.2) is 17.6 Å². The maximum Gasteiger partial charge on any atom is 0.135 e. The number of aromatic nitrogens is 2. The van der Waals surface area contributed by atoms with Crippen LogP contribution in [0.4, 0.5) is 22.7 Å². The molecule has 0 atom stereocenters. The van der Waals surface area contributed by atoms with Crippen molar-refractivity contribution < 1.29 is 25.8 Å². The molecule has 7 heteroatoms. The number of ether oxygens (including phenoxy) is 1. The van der Waals surface area contributed by atoms with Crippen molar-refractivity contribution in [2.45, 2.75) is 98.2 Å². The average molecular weight is 963 g/mol. The first-order valence-electron chi connectivity index (χ1n) is 20.1.